The van der Waals surface area contributed by atoms with Gasteiger partial charge < -0.3 is 10.1 Å². The molecule has 1 atom stereocenters. The fraction of sp³-hybridized carbons (Fsp3) is 0.294. The summed E-state index contributed by atoms with van der Waals surface area (Å²) in [6, 6.07) is 13.0. The SMILES string of the molecule is CNC[C@H]1OCCc2c(-c3ccc(F)cc3)cccc21.Cl. The van der Waals surface area contributed by atoms with E-state index in [0.29, 0.717) is 0 Å². The van der Waals surface area contributed by atoms with Gasteiger partial charge in [-0.2, -0.15) is 0 Å². The molecule has 0 saturated heterocycles. The molecule has 2 aromatic rings. The number of ether oxygens (including phenoxy) is 1. The van der Waals surface area contributed by atoms with Crippen molar-refractivity contribution in [3.8, 4) is 11.1 Å². The maximum Gasteiger partial charge on any atom is 0.123 e. The number of likely N-dealkylation sites (N-methyl/N-ethyl adjacent to an activating group) is 1. The van der Waals surface area contributed by atoms with Gasteiger partial charge in [-0.3, -0.25) is 0 Å². The minimum atomic E-state index is -0.199. The third kappa shape index (κ3) is 3.26. The second kappa shape index (κ2) is 7.03. The third-order valence-electron chi connectivity index (χ3n) is 3.77. The number of hydrogen-bond acceptors (Lipinski definition) is 2. The number of benzene rings is 2. The summed E-state index contributed by atoms with van der Waals surface area (Å²) in [5.74, 6) is -0.199. The topological polar surface area (TPSA) is 21.3 Å². The van der Waals surface area contributed by atoms with Crippen molar-refractivity contribution in [2.75, 3.05) is 20.2 Å². The summed E-state index contributed by atoms with van der Waals surface area (Å²) in [5, 5.41) is 3.17. The van der Waals surface area contributed by atoms with Gasteiger partial charge in [0.1, 0.15) is 5.82 Å². The Morgan fingerprint density at radius 3 is 2.67 bits per heavy atom. The van der Waals surface area contributed by atoms with Crippen LogP contribution in [-0.2, 0) is 11.2 Å². The molecule has 112 valence electrons. The molecule has 4 heteroatoms. The highest BCUT2D eigenvalue weighted by atomic mass is 35.5. The van der Waals surface area contributed by atoms with Crippen molar-refractivity contribution in [2.45, 2.75) is 12.5 Å². The largest absolute Gasteiger partial charge is 0.372 e. The molecule has 0 bridgehead atoms. The number of halogens is 2. The van der Waals surface area contributed by atoms with Gasteiger partial charge in [0, 0.05) is 6.54 Å². The maximum absolute atomic E-state index is 13.1. The van der Waals surface area contributed by atoms with E-state index in [1.807, 2.05) is 19.2 Å². The normalized spacial score (nSPS) is 17.0. The van der Waals surface area contributed by atoms with E-state index in [4.69, 9.17) is 4.74 Å². The van der Waals surface area contributed by atoms with E-state index < -0.39 is 0 Å². The lowest BCUT2D eigenvalue weighted by Gasteiger charge is -2.28. The van der Waals surface area contributed by atoms with Crippen LogP contribution in [0.15, 0.2) is 42.5 Å². The van der Waals surface area contributed by atoms with Gasteiger partial charge in [-0.1, -0.05) is 30.3 Å². The first-order valence-corrected chi connectivity index (χ1v) is 6.93. The second-order valence-electron chi connectivity index (χ2n) is 5.05. The predicted octanol–water partition coefficient (Wildman–Crippen LogP) is 3.75. The van der Waals surface area contributed by atoms with Crippen molar-refractivity contribution in [1.29, 1.82) is 0 Å². The van der Waals surface area contributed by atoms with Crippen molar-refractivity contribution >= 4 is 12.4 Å². The molecule has 0 saturated carbocycles. The molecule has 2 nitrogen and oxygen atoms in total. The zero-order valence-corrected chi connectivity index (χ0v) is 12.8. The molecule has 21 heavy (non-hydrogen) atoms. The summed E-state index contributed by atoms with van der Waals surface area (Å²) in [6.45, 7) is 1.54. The van der Waals surface area contributed by atoms with Crippen LogP contribution in [0.4, 0.5) is 4.39 Å². The minimum Gasteiger partial charge on any atom is -0.372 e. The average molecular weight is 308 g/mol. The first-order chi connectivity index (χ1) is 9.79. The quantitative estimate of drug-likeness (QED) is 0.932. The van der Waals surface area contributed by atoms with Crippen molar-refractivity contribution in [3.05, 3.63) is 59.4 Å². The highest BCUT2D eigenvalue weighted by Crippen LogP contribution is 2.34. The average Bonchev–Trinajstić information content (AvgIpc) is 2.48. The molecule has 2 aromatic carbocycles. The summed E-state index contributed by atoms with van der Waals surface area (Å²) in [6.07, 6.45) is 1.01. The molecular formula is C17H19ClFNO. The zero-order valence-electron chi connectivity index (χ0n) is 11.9. The van der Waals surface area contributed by atoms with E-state index in [1.54, 1.807) is 0 Å². The Kier molecular flexibility index (Phi) is 5.34. The zero-order chi connectivity index (χ0) is 13.9. The van der Waals surface area contributed by atoms with Crippen molar-refractivity contribution in [2.24, 2.45) is 0 Å². The van der Waals surface area contributed by atoms with E-state index in [9.17, 15) is 4.39 Å². The number of nitrogens with one attached hydrogen (secondary N) is 1. The molecule has 1 heterocycles. The molecule has 0 aliphatic carbocycles. The molecule has 1 aliphatic heterocycles. The predicted molar refractivity (Wildman–Crippen MR) is 85.4 cm³/mol. The molecule has 0 amide bonds. The number of hydrogen-bond donors (Lipinski definition) is 1. The van der Waals surface area contributed by atoms with Crippen LogP contribution in [0.2, 0.25) is 0 Å². The van der Waals surface area contributed by atoms with Crippen LogP contribution in [0.5, 0.6) is 0 Å². The standard InChI is InChI=1S/C17H18FNO.ClH/c1-19-11-17-16-4-2-3-14(15(16)9-10-20-17)12-5-7-13(18)8-6-12;/h2-8,17,19H,9-11H2,1H3;1H/t17-;/m1./s1. The van der Waals surface area contributed by atoms with Crippen molar-refractivity contribution < 1.29 is 9.13 Å². The van der Waals surface area contributed by atoms with Crippen molar-refractivity contribution in [1.82, 2.24) is 5.32 Å². The molecule has 0 spiro atoms. The smallest absolute Gasteiger partial charge is 0.123 e. The van der Waals surface area contributed by atoms with Crippen LogP contribution in [0.25, 0.3) is 11.1 Å². The first kappa shape index (κ1) is 16.0. The molecule has 1 aliphatic rings. The number of rotatable bonds is 3. The number of fused-ring (bicyclic) bond motifs is 1. The van der Waals surface area contributed by atoms with Gasteiger partial charge in [-0.25, -0.2) is 4.39 Å². The van der Waals surface area contributed by atoms with Gasteiger partial charge in [-0.05, 0) is 47.9 Å². The first-order valence-electron chi connectivity index (χ1n) is 6.93. The Hall–Kier alpha value is -1.42. The van der Waals surface area contributed by atoms with Crippen LogP contribution in [-0.4, -0.2) is 20.2 Å². The lowest BCUT2D eigenvalue weighted by molar-refractivity contribution is 0.0440. The van der Waals surface area contributed by atoms with Gasteiger partial charge >= 0.3 is 0 Å². The van der Waals surface area contributed by atoms with E-state index in [2.05, 4.69) is 23.5 Å². The van der Waals surface area contributed by atoms with E-state index >= 15 is 0 Å². The highest BCUT2D eigenvalue weighted by Gasteiger charge is 2.22. The summed E-state index contributed by atoms with van der Waals surface area (Å²) in [5.41, 5.74) is 4.82. The third-order valence-corrected chi connectivity index (χ3v) is 3.77. The Balaban J connectivity index is 0.00000161. The molecule has 3 rings (SSSR count). The lowest BCUT2D eigenvalue weighted by atomic mass is 9.89. The monoisotopic (exact) mass is 307 g/mol. The van der Waals surface area contributed by atoms with E-state index in [0.717, 1.165) is 25.1 Å². The second-order valence-corrected chi connectivity index (χ2v) is 5.05. The summed E-state index contributed by atoms with van der Waals surface area (Å²) < 4.78 is 18.9. The fourth-order valence-electron chi connectivity index (χ4n) is 2.83. The molecule has 0 aromatic heterocycles. The Labute approximate surface area is 130 Å². The molecule has 0 radical (unpaired) electrons. The molecule has 0 fully saturated rings. The van der Waals surface area contributed by atoms with Gasteiger partial charge in [0.05, 0.1) is 12.7 Å². The lowest BCUT2D eigenvalue weighted by Crippen LogP contribution is -2.25. The fourth-order valence-corrected chi connectivity index (χ4v) is 2.83. The van der Waals surface area contributed by atoms with E-state index in [-0.39, 0.29) is 24.3 Å². The summed E-state index contributed by atoms with van der Waals surface area (Å²) in [4.78, 5) is 0. The molecule has 1 N–H and O–H groups in total. The van der Waals surface area contributed by atoms with Gasteiger partial charge in [0.2, 0.25) is 0 Å². The van der Waals surface area contributed by atoms with Crippen LogP contribution >= 0.6 is 12.4 Å². The Bertz CT molecular complexity index is 600. The Morgan fingerprint density at radius 1 is 1.19 bits per heavy atom. The maximum atomic E-state index is 13.1. The van der Waals surface area contributed by atoms with Gasteiger partial charge in [0.25, 0.3) is 0 Å². The molecular weight excluding hydrogens is 289 g/mol. The van der Waals surface area contributed by atoms with Crippen molar-refractivity contribution in [3.63, 3.8) is 0 Å². The highest BCUT2D eigenvalue weighted by molar-refractivity contribution is 5.85. The van der Waals surface area contributed by atoms with Gasteiger partial charge in [0.15, 0.2) is 0 Å². The summed E-state index contributed by atoms with van der Waals surface area (Å²) >= 11 is 0. The molecule has 0 unspecified atom stereocenters. The minimum absolute atomic E-state index is 0. The van der Waals surface area contributed by atoms with Crippen LogP contribution in [0, 0.1) is 5.82 Å². The van der Waals surface area contributed by atoms with Crippen LogP contribution in [0.1, 0.15) is 17.2 Å². The summed E-state index contributed by atoms with van der Waals surface area (Å²) in [7, 11) is 1.93. The van der Waals surface area contributed by atoms with Crippen LogP contribution in [0.3, 0.4) is 0 Å². The van der Waals surface area contributed by atoms with Crippen LogP contribution < -0.4 is 5.32 Å². The van der Waals surface area contributed by atoms with E-state index in [1.165, 1.54) is 28.8 Å². The Morgan fingerprint density at radius 2 is 1.95 bits per heavy atom. The van der Waals surface area contributed by atoms with Gasteiger partial charge in [-0.15, -0.1) is 12.4 Å².